The van der Waals surface area contributed by atoms with Crippen molar-refractivity contribution in [1.29, 1.82) is 0 Å². The average Bonchev–Trinajstić information content (AvgIpc) is 3.11. The van der Waals surface area contributed by atoms with E-state index in [4.69, 9.17) is 5.73 Å². The predicted octanol–water partition coefficient (Wildman–Crippen LogP) is 5.19. The zero-order valence-corrected chi connectivity index (χ0v) is 15.7. The minimum Gasteiger partial charge on any atom is -0.351 e. The molecule has 0 radical (unpaired) electrons. The number of urea groups is 1. The van der Waals surface area contributed by atoms with Crippen LogP contribution in [0.25, 0.3) is 21.7 Å². The van der Waals surface area contributed by atoms with E-state index < -0.39 is 17.8 Å². The number of amides is 2. The van der Waals surface area contributed by atoms with E-state index in [1.165, 1.54) is 28.4 Å². The molecule has 0 atom stereocenters. The van der Waals surface area contributed by atoms with Crippen molar-refractivity contribution >= 4 is 22.5 Å². The molecule has 3 aromatic rings. The van der Waals surface area contributed by atoms with Gasteiger partial charge >= 0.3 is 12.2 Å². The number of pyridine rings is 1. The summed E-state index contributed by atoms with van der Waals surface area (Å²) in [6, 6.07) is 7.71. The Bertz CT molecular complexity index is 956. The van der Waals surface area contributed by atoms with Crippen molar-refractivity contribution in [2.45, 2.75) is 19.5 Å². The topological polar surface area (TPSA) is 72.1 Å². The summed E-state index contributed by atoms with van der Waals surface area (Å²) < 4.78 is 38.6. The van der Waals surface area contributed by atoms with Gasteiger partial charge in [-0.1, -0.05) is 30.4 Å². The number of carbonyl (C=O) groups excluding carboxylic acids is 1. The third-order valence-electron chi connectivity index (χ3n) is 3.99. The Morgan fingerprint density at radius 1 is 1.11 bits per heavy atom. The van der Waals surface area contributed by atoms with Gasteiger partial charge in [-0.05, 0) is 36.2 Å². The van der Waals surface area contributed by atoms with E-state index in [9.17, 15) is 18.0 Å². The maximum absolute atomic E-state index is 12.9. The summed E-state index contributed by atoms with van der Waals surface area (Å²) in [6.07, 6.45) is -0.501. The number of anilines is 1. The number of nitrogens with two attached hydrogens (primary N) is 1. The van der Waals surface area contributed by atoms with Gasteiger partial charge in [0, 0.05) is 24.5 Å². The van der Waals surface area contributed by atoms with Crippen molar-refractivity contribution < 1.29 is 18.0 Å². The van der Waals surface area contributed by atoms with E-state index in [2.05, 4.69) is 9.97 Å². The molecule has 1 aromatic carbocycles. The second kappa shape index (κ2) is 7.97. The third-order valence-corrected chi connectivity index (χ3v) is 5.12. The standard InChI is InChI=1S/C19H17F3N4OS/c1-2-11-26(17(23)27)18-25-15(16(28-18)13-7-9-24-10-8-13)12-3-5-14(6-4-12)19(20,21)22/h3-10H,2,11H2,1H3,(H2,23,27). The first kappa shape index (κ1) is 19.8. The van der Waals surface area contributed by atoms with Gasteiger partial charge in [0.05, 0.1) is 16.1 Å². The molecule has 0 aliphatic rings. The lowest BCUT2D eigenvalue weighted by Gasteiger charge is -2.15. The summed E-state index contributed by atoms with van der Waals surface area (Å²) >= 11 is 1.26. The highest BCUT2D eigenvalue weighted by Gasteiger charge is 2.30. The van der Waals surface area contributed by atoms with Crippen molar-refractivity contribution in [2.24, 2.45) is 5.73 Å². The lowest BCUT2D eigenvalue weighted by molar-refractivity contribution is -0.137. The molecule has 0 saturated carbocycles. The molecule has 0 fully saturated rings. The summed E-state index contributed by atoms with van der Waals surface area (Å²) in [4.78, 5) is 22.4. The van der Waals surface area contributed by atoms with Gasteiger partial charge in [-0.25, -0.2) is 9.78 Å². The van der Waals surface area contributed by atoms with E-state index in [0.717, 1.165) is 22.6 Å². The molecular formula is C19H17F3N4OS. The molecule has 0 bridgehead atoms. The van der Waals surface area contributed by atoms with Crippen molar-refractivity contribution in [2.75, 3.05) is 11.4 Å². The lowest BCUT2D eigenvalue weighted by Crippen LogP contribution is -2.36. The van der Waals surface area contributed by atoms with Crippen LogP contribution in [0.4, 0.5) is 23.1 Å². The van der Waals surface area contributed by atoms with Gasteiger partial charge in [-0.15, -0.1) is 0 Å². The smallest absolute Gasteiger partial charge is 0.351 e. The number of rotatable bonds is 5. The van der Waals surface area contributed by atoms with Gasteiger partial charge in [-0.2, -0.15) is 13.2 Å². The van der Waals surface area contributed by atoms with Gasteiger partial charge in [0.1, 0.15) is 0 Å². The van der Waals surface area contributed by atoms with E-state index in [1.54, 1.807) is 24.5 Å². The van der Waals surface area contributed by atoms with Crippen molar-refractivity contribution in [3.05, 3.63) is 54.4 Å². The number of benzene rings is 1. The molecule has 2 aromatic heterocycles. The van der Waals surface area contributed by atoms with Crippen LogP contribution < -0.4 is 10.6 Å². The van der Waals surface area contributed by atoms with Crippen LogP contribution in [0.3, 0.4) is 0 Å². The second-order valence-corrected chi connectivity index (χ2v) is 6.95. The maximum atomic E-state index is 12.9. The number of alkyl halides is 3. The van der Waals surface area contributed by atoms with Gasteiger partial charge in [0.15, 0.2) is 5.13 Å². The van der Waals surface area contributed by atoms with Crippen molar-refractivity contribution in [3.8, 4) is 21.7 Å². The molecule has 0 saturated heterocycles. The van der Waals surface area contributed by atoms with Crippen LogP contribution in [0.2, 0.25) is 0 Å². The Morgan fingerprint density at radius 2 is 1.75 bits per heavy atom. The van der Waals surface area contributed by atoms with Crippen LogP contribution in [0.5, 0.6) is 0 Å². The largest absolute Gasteiger partial charge is 0.416 e. The summed E-state index contributed by atoms with van der Waals surface area (Å²) in [5.74, 6) is 0. The number of hydrogen-bond donors (Lipinski definition) is 1. The van der Waals surface area contributed by atoms with Crippen LogP contribution in [-0.4, -0.2) is 22.5 Å². The first-order chi connectivity index (χ1) is 13.3. The molecule has 2 amide bonds. The van der Waals surface area contributed by atoms with Gasteiger partial charge < -0.3 is 5.73 Å². The highest BCUT2D eigenvalue weighted by atomic mass is 32.1. The normalized spacial score (nSPS) is 11.4. The van der Waals surface area contributed by atoms with Crippen LogP contribution in [0, 0.1) is 0 Å². The number of thiazole rings is 1. The molecule has 0 spiro atoms. The molecular weight excluding hydrogens is 389 g/mol. The van der Waals surface area contributed by atoms with Gasteiger partial charge in [-0.3, -0.25) is 9.88 Å². The second-order valence-electron chi connectivity index (χ2n) is 5.98. The lowest BCUT2D eigenvalue weighted by atomic mass is 10.1. The highest BCUT2D eigenvalue weighted by molar-refractivity contribution is 7.19. The van der Waals surface area contributed by atoms with E-state index in [-0.39, 0.29) is 0 Å². The zero-order valence-electron chi connectivity index (χ0n) is 14.9. The van der Waals surface area contributed by atoms with E-state index in [0.29, 0.717) is 29.4 Å². The Kier molecular flexibility index (Phi) is 5.64. The van der Waals surface area contributed by atoms with Crippen LogP contribution in [0.1, 0.15) is 18.9 Å². The Morgan fingerprint density at radius 3 is 2.29 bits per heavy atom. The number of nitrogens with zero attached hydrogens (tertiary/aromatic N) is 3. The van der Waals surface area contributed by atoms with Crippen LogP contribution >= 0.6 is 11.3 Å². The fourth-order valence-electron chi connectivity index (χ4n) is 2.66. The Balaban J connectivity index is 2.12. The number of halogens is 3. The van der Waals surface area contributed by atoms with E-state index in [1.807, 2.05) is 6.92 Å². The molecule has 5 nitrogen and oxygen atoms in total. The molecule has 2 N–H and O–H groups in total. The fourth-order valence-corrected chi connectivity index (χ4v) is 3.78. The van der Waals surface area contributed by atoms with Crippen LogP contribution in [-0.2, 0) is 6.18 Å². The summed E-state index contributed by atoms with van der Waals surface area (Å²) in [5.41, 5.74) is 6.55. The third kappa shape index (κ3) is 4.14. The summed E-state index contributed by atoms with van der Waals surface area (Å²) in [5, 5.41) is 0.399. The van der Waals surface area contributed by atoms with E-state index >= 15 is 0 Å². The SMILES string of the molecule is CCCN(C(N)=O)c1nc(-c2ccc(C(F)(F)F)cc2)c(-c2ccncc2)s1. The number of primary amides is 1. The van der Waals surface area contributed by atoms with Gasteiger partial charge in [0.2, 0.25) is 0 Å². The van der Waals surface area contributed by atoms with Gasteiger partial charge in [0.25, 0.3) is 0 Å². The predicted molar refractivity (Wildman–Crippen MR) is 103 cm³/mol. The molecule has 146 valence electrons. The minimum absolute atomic E-state index is 0.394. The molecule has 2 heterocycles. The Labute approximate surface area is 163 Å². The fraction of sp³-hybridized carbons (Fsp3) is 0.211. The monoisotopic (exact) mass is 406 g/mol. The molecule has 3 rings (SSSR count). The highest BCUT2D eigenvalue weighted by Crippen LogP contribution is 2.41. The number of hydrogen-bond acceptors (Lipinski definition) is 4. The maximum Gasteiger partial charge on any atom is 0.416 e. The number of aromatic nitrogens is 2. The molecule has 0 unspecified atom stereocenters. The first-order valence-electron chi connectivity index (χ1n) is 8.47. The van der Waals surface area contributed by atoms with Crippen molar-refractivity contribution in [1.82, 2.24) is 9.97 Å². The van der Waals surface area contributed by atoms with Crippen molar-refractivity contribution in [3.63, 3.8) is 0 Å². The van der Waals surface area contributed by atoms with Crippen LogP contribution in [0.15, 0.2) is 48.8 Å². The zero-order chi connectivity index (χ0) is 20.3. The number of carbonyl (C=O) groups is 1. The summed E-state index contributed by atoms with van der Waals surface area (Å²) in [6.45, 7) is 2.30. The first-order valence-corrected chi connectivity index (χ1v) is 9.28. The molecule has 0 aliphatic heterocycles. The minimum atomic E-state index is -4.41. The molecule has 28 heavy (non-hydrogen) atoms. The quantitative estimate of drug-likeness (QED) is 0.634. The average molecular weight is 406 g/mol. The molecule has 0 aliphatic carbocycles. The Hall–Kier alpha value is -2.94. The summed E-state index contributed by atoms with van der Waals surface area (Å²) in [7, 11) is 0. The molecule has 9 heteroatoms.